The van der Waals surface area contributed by atoms with Crippen LogP contribution < -0.4 is 10.1 Å². The molecule has 0 saturated carbocycles. The molecule has 0 saturated heterocycles. The molecule has 2 N–H and O–H groups in total. The molecule has 0 aliphatic carbocycles. The Morgan fingerprint density at radius 3 is 2.74 bits per heavy atom. The van der Waals surface area contributed by atoms with Crippen LogP contribution in [0.25, 0.3) is 11.3 Å². The van der Waals surface area contributed by atoms with Crippen LogP contribution in [0.1, 0.15) is 16.8 Å². The molecule has 0 radical (unpaired) electrons. The molecule has 0 atom stereocenters. The summed E-state index contributed by atoms with van der Waals surface area (Å²) in [5, 5.41) is 3.14. The van der Waals surface area contributed by atoms with Gasteiger partial charge in [-0.1, -0.05) is 6.07 Å². The number of rotatable bonds is 4. The maximum Gasteiger partial charge on any atom is 0.175 e. The van der Waals surface area contributed by atoms with Crippen molar-refractivity contribution in [3.63, 3.8) is 0 Å². The van der Waals surface area contributed by atoms with Gasteiger partial charge in [0, 0.05) is 12.1 Å². The van der Waals surface area contributed by atoms with Gasteiger partial charge in [-0.05, 0) is 54.0 Å². The van der Waals surface area contributed by atoms with Crippen LogP contribution in [0.3, 0.4) is 0 Å². The monoisotopic (exact) mass is 323 g/mol. The molecule has 102 valence electrons. The van der Waals surface area contributed by atoms with Crippen molar-refractivity contribution in [3.8, 4) is 17.0 Å². The molecular weight excluding hydrogens is 306 g/mol. The average Bonchev–Trinajstić information content (AvgIpc) is 2.69. The molecule has 0 fully saturated rings. The van der Waals surface area contributed by atoms with E-state index in [2.05, 4.69) is 51.1 Å². The van der Waals surface area contributed by atoms with Crippen molar-refractivity contribution in [2.75, 3.05) is 14.2 Å². The lowest BCUT2D eigenvalue weighted by Gasteiger charge is -2.12. The summed E-state index contributed by atoms with van der Waals surface area (Å²) in [7, 11) is 3.61. The molecular formula is C14H18BrN3O. The van der Waals surface area contributed by atoms with E-state index in [1.165, 1.54) is 5.56 Å². The van der Waals surface area contributed by atoms with Crippen LogP contribution in [-0.4, -0.2) is 24.1 Å². The summed E-state index contributed by atoms with van der Waals surface area (Å²) in [6.07, 6.45) is 0. The van der Waals surface area contributed by atoms with Gasteiger partial charge in [0.15, 0.2) is 4.73 Å². The number of nitrogens with zero attached hydrogens (tertiary/aromatic N) is 1. The number of aromatic nitrogens is 2. The van der Waals surface area contributed by atoms with Crippen molar-refractivity contribution in [1.82, 2.24) is 15.3 Å². The first-order valence-electron chi connectivity index (χ1n) is 6.11. The molecule has 0 spiro atoms. The van der Waals surface area contributed by atoms with Crippen LogP contribution in [0.4, 0.5) is 0 Å². The van der Waals surface area contributed by atoms with Gasteiger partial charge < -0.3 is 15.0 Å². The molecule has 0 unspecified atom stereocenters. The number of hydrogen-bond acceptors (Lipinski definition) is 3. The number of aromatic amines is 1. The Bertz CT molecular complexity index is 593. The third-order valence-corrected chi connectivity index (χ3v) is 3.38. The van der Waals surface area contributed by atoms with Crippen LogP contribution in [0.15, 0.2) is 16.9 Å². The summed E-state index contributed by atoms with van der Waals surface area (Å²) < 4.78 is 6.25. The smallest absolute Gasteiger partial charge is 0.175 e. The third kappa shape index (κ3) is 2.82. The molecule has 19 heavy (non-hydrogen) atoms. The lowest BCUT2D eigenvalue weighted by atomic mass is 10.0. The molecule has 2 rings (SSSR count). The number of halogens is 1. The van der Waals surface area contributed by atoms with Gasteiger partial charge in [-0.2, -0.15) is 0 Å². The van der Waals surface area contributed by atoms with Crippen molar-refractivity contribution in [2.24, 2.45) is 0 Å². The van der Waals surface area contributed by atoms with Gasteiger partial charge >= 0.3 is 0 Å². The molecule has 2 aromatic rings. The van der Waals surface area contributed by atoms with E-state index in [9.17, 15) is 0 Å². The molecule has 1 heterocycles. The predicted octanol–water partition coefficient (Wildman–Crippen LogP) is 3.18. The number of hydrogen-bond donors (Lipinski definition) is 2. The molecule has 1 aromatic carbocycles. The fourth-order valence-corrected chi connectivity index (χ4v) is 2.70. The molecule has 4 nitrogen and oxygen atoms in total. The molecule has 0 aliphatic heterocycles. The molecule has 0 aliphatic rings. The summed E-state index contributed by atoms with van der Waals surface area (Å²) in [5.74, 6) is 0.855. The molecule has 1 aromatic heterocycles. The third-order valence-electron chi connectivity index (χ3n) is 3.00. The van der Waals surface area contributed by atoms with Crippen LogP contribution >= 0.6 is 15.9 Å². The van der Waals surface area contributed by atoms with E-state index >= 15 is 0 Å². The van der Waals surface area contributed by atoms with Crippen molar-refractivity contribution in [3.05, 3.63) is 33.7 Å². The Hall–Kier alpha value is -1.33. The van der Waals surface area contributed by atoms with Crippen LogP contribution in [0.2, 0.25) is 0 Å². The first kappa shape index (κ1) is 14.1. The first-order valence-corrected chi connectivity index (χ1v) is 6.90. The fraction of sp³-hybridized carbons (Fsp3) is 0.357. The standard InChI is InChI=1S/C14H18BrN3O/c1-8-5-9(2)12(11(6-8)19-4)13-10(7-16-3)17-14(15)18-13/h5-6,16H,7H2,1-4H3,(H,17,18). The Labute approximate surface area is 121 Å². The Morgan fingerprint density at radius 2 is 2.11 bits per heavy atom. The van der Waals surface area contributed by atoms with Gasteiger partial charge in [0.05, 0.1) is 18.5 Å². The normalized spacial score (nSPS) is 10.8. The number of benzene rings is 1. The number of nitrogens with one attached hydrogen (secondary N) is 2. The van der Waals surface area contributed by atoms with Crippen LogP contribution in [-0.2, 0) is 6.54 Å². The van der Waals surface area contributed by atoms with Gasteiger partial charge in [-0.25, -0.2) is 4.98 Å². The highest BCUT2D eigenvalue weighted by atomic mass is 79.9. The zero-order chi connectivity index (χ0) is 14.0. The number of imidazole rings is 1. The van der Waals surface area contributed by atoms with Crippen LogP contribution in [0.5, 0.6) is 5.75 Å². The average molecular weight is 324 g/mol. The Morgan fingerprint density at radius 1 is 1.37 bits per heavy atom. The van der Waals surface area contributed by atoms with Crippen molar-refractivity contribution < 1.29 is 4.74 Å². The second-order valence-corrected chi connectivity index (χ2v) is 5.30. The topological polar surface area (TPSA) is 49.9 Å². The quantitative estimate of drug-likeness (QED) is 0.908. The summed E-state index contributed by atoms with van der Waals surface area (Å²) in [5.41, 5.74) is 5.35. The summed E-state index contributed by atoms with van der Waals surface area (Å²) in [6, 6.07) is 4.18. The fourth-order valence-electron chi connectivity index (χ4n) is 2.28. The van der Waals surface area contributed by atoms with E-state index < -0.39 is 0 Å². The number of ether oxygens (including phenoxy) is 1. The maximum atomic E-state index is 5.51. The predicted molar refractivity (Wildman–Crippen MR) is 80.5 cm³/mol. The van der Waals surface area contributed by atoms with Crippen molar-refractivity contribution in [2.45, 2.75) is 20.4 Å². The van der Waals surface area contributed by atoms with E-state index in [1.54, 1.807) is 7.11 Å². The Kier molecular flexibility index (Phi) is 4.27. The highest BCUT2D eigenvalue weighted by Gasteiger charge is 2.17. The largest absolute Gasteiger partial charge is 0.496 e. The lowest BCUT2D eigenvalue weighted by molar-refractivity contribution is 0.415. The summed E-state index contributed by atoms with van der Waals surface area (Å²) in [4.78, 5) is 7.76. The van der Waals surface area contributed by atoms with Gasteiger partial charge in [0.1, 0.15) is 5.75 Å². The summed E-state index contributed by atoms with van der Waals surface area (Å²) in [6.45, 7) is 4.87. The van der Waals surface area contributed by atoms with Gasteiger partial charge in [-0.3, -0.25) is 0 Å². The van der Waals surface area contributed by atoms with Gasteiger partial charge in [-0.15, -0.1) is 0 Å². The number of methoxy groups -OCH3 is 1. The second kappa shape index (κ2) is 5.75. The van der Waals surface area contributed by atoms with Gasteiger partial charge in [0.25, 0.3) is 0 Å². The SMILES string of the molecule is CNCc1[nH]c(Br)nc1-c1c(C)cc(C)cc1OC. The lowest BCUT2D eigenvalue weighted by Crippen LogP contribution is -2.07. The molecule has 0 amide bonds. The van der Waals surface area contributed by atoms with Crippen molar-refractivity contribution in [1.29, 1.82) is 0 Å². The minimum atomic E-state index is 0.727. The van der Waals surface area contributed by atoms with E-state index in [0.717, 1.165) is 39.5 Å². The second-order valence-electron chi connectivity index (χ2n) is 4.54. The zero-order valence-corrected chi connectivity index (χ0v) is 13.2. The van der Waals surface area contributed by atoms with Crippen LogP contribution in [0, 0.1) is 13.8 Å². The Balaban J connectivity index is 2.64. The maximum absolute atomic E-state index is 5.51. The van der Waals surface area contributed by atoms with Crippen molar-refractivity contribution >= 4 is 15.9 Å². The highest BCUT2D eigenvalue weighted by molar-refractivity contribution is 9.10. The zero-order valence-electron chi connectivity index (χ0n) is 11.6. The summed E-state index contributed by atoms with van der Waals surface area (Å²) >= 11 is 3.40. The van der Waals surface area contributed by atoms with E-state index in [-0.39, 0.29) is 0 Å². The minimum absolute atomic E-state index is 0.727. The van der Waals surface area contributed by atoms with E-state index in [4.69, 9.17) is 4.74 Å². The first-order chi connectivity index (χ1) is 9.06. The highest BCUT2D eigenvalue weighted by Crippen LogP contribution is 2.35. The number of H-pyrrole nitrogens is 1. The van der Waals surface area contributed by atoms with E-state index in [0.29, 0.717) is 0 Å². The van der Waals surface area contributed by atoms with Gasteiger partial charge in [0.2, 0.25) is 0 Å². The van der Waals surface area contributed by atoms with E-state index in [1.807, 2.05) is 13.1 Å². The minimum Gasteiger partial charge on any atom is -0.496 e. The molecule has 5 heteroatoms. The molecule has 0 bridgehead atoms. The number of aryl methyl sites for hydroxylation is 2.